The average molecular weight is 303 g/mol. The zero-order chi connectivity index (χ0) is 16.1. The Balaban J connectivity index is 2.26. The first kappa shape index (κ1) is 15.5. The maximum atomic E-state index is 13.3. The molecule has 2 aromatic rings. The van der Waals surface area contributed by atoms with E-state index in [1.807, 2.05) is 0 Å². The quantitative estimate of drug-likeness (QED) is 0.882. The second-order valence-electron chi connectivity index (χ2n) is 4.37. The van der Waals surface area contributed by atoms with Crippen LogP contribution in [-0.4, -0.2) is 26.1 Å². The molecule has 0 radical (unpaired) electrons. The molecule has 0 aliphatic rings. The van der Waals surface area contributed by atoms with E-state index in [0.717, 1.165) is 6.07 Å². The number of esters is 1. The van der Waals surface area contributed by atoms with E-state index < -0.39 is 17.7 Å². The number of methoxy groups -OCH3 is 2. The summed E-state index contributed by atoms with van der Waals surface area (Å²) < 4.78 is 23.0. The van der Waals surface area contributed by atoms with Gasteiger partial charge in [-0.25, -0.2) is 9.18 Å². The predicted octanol–water partition coefficient (Wildman–Crippen LogP) is 2.87. The van der Waals surface area contributed by atoms with E-state index in [9.17, 15) is 14.0 Å². The maximum absolute atomic E-state index is 13.3. The standard InChI is InChI=1S/C16H14FNO4/c1-21-14-7-6-11(17)9-13(14)15(19)18-12-5-3-4-10(8-12)16(20)22-2/h3-9H,1-2H3,(H,18,19). The van der Waals surface area contributed by atoms with Crippen molar-refractivity contribution in [1.29, 1.82) is 0 Å². The van der Waals surface area contributed by atoms with Crippen molar-refractivity contribution in [1.82, 2.24) is 0 Å². The number of ether oxygens (including phenoxy) is 2. The molecule has 0 fully saturated rings. The Hall–Kier alpha value is -2.89. The highest BCUT2D eigenvalue weighted by molar-refractivity contribution is 6.06. The van der Waals surface area contributed by atoms with Gasteiger partial charge in [0.2, 0.25) is 0 Å². The fourth-order valence-electron chi connectivity index (χ4n) is 1.90. The lowest BCUT2D eigenvalue weighted by atomic mass is 10.1. The summed E-state index contributed by atoms with van der Waals surface area (Å²) in [5.41, 5.74) is 0.747. The van der Waals surface area contributed by atoms with Gasteiger partial charge < -0.3 is 14.8 Å². The molecule has 114 valence electrons. The largest absolute Gasteiger partial charge is 0.496 e. The van der Waals surface area contributed by atoms with Crippen molar-refractivity contribution in [3.05, 3.63) is 59.4 Å². The monoisotopic (exact) mass is 303 g/mol. The van der Waals surface area contributed by atoms with E-state index in [1.54, 1.807) is 18.2 Å². The molecule has 22 heavy (non-hydrogen) atoms. The highest BCUT2D eigenvalue weighted by atomic mass is 19.1. The highest BCUT2D eigenvalue weighted by Crippen LogP contribution is 2.21. The summed E-state index contributed by atoms with van der Waals surface area (Å²) in [5, 5.41) is 2.59. The van der Waals surface area contributed by atoms with Gasteiger partial charge in [0, 0.05) is 5.69 Å². The Kier molecular flexibility index (Phi) is 4.73. The van der Waals surface area contributed by atoms with Crippen molar-refractivity contribution in [2.75, 3.05) is 19.5 Å². The summed E-state index contributed by atoms with van der Waals surface area (Å²) in [4.78, 5) is 23.7. The van der Waals surface area contributed by atoms with E-state index in [0.29, 0.717) is 11.3 Å². The molecule has 0 aliphatic heterocycles. The zero-order valence-corrected chi connectivity index (χ0v) is 12.1. The van der Waals surface area contributed by atoms with Crippen molar-refractivity contribution in [2.24, 2.45) is 0 Å². The average Bonchev–Trinajstić information content (AvgIpc) is 2.54. The van der Waals surface area contributed by atoms with Gasteiger partial charge in [0.25, 0.3) is 5.91 Å². The zero-order valence-electron chi connectivity index (χ0n) is 12.1. The third-order valence-corrected chi connectivity index (χ3v) is 2.95. The van der Waals surface area contributed by atoms with Crippen LogP contribution in [0.1, 0.15) is 20.7 Å². The lowest BCUT2D eigenvalue weighted by molar-refractivity contribution is 0.0600. The topological polar surface area (TPSA) is 64.6 Å². The molecular weight excluding hydrogens is 289 g/mol. The first-order valence-corrected chi connectivity index (χ1v) is 6.38. The van der Waals surface area contributed by atoms with E-state index in [-0.39, 0.29) is 11.3 Å². The van der Waals surface area contributed by atoms with E-state index in [1.165, 1.54) is 32.4 Å². The van der Waals surface area contributed by atoms with Gasteiger partial charge in [0.15, 0.2) is 0 Å². The number of carbonyl (C=O) groups excluding carboxylic acids is 2. The van der Waals surface area contributed by atoms with Gasteiger partial charge >= 0.3 is 5.97 Å². The van der Waals surface area contributed by atoms with Gasteiger partial charge in [0.05, 0.1) is 25.3 Å². The second kappa shape index (κ2) is 6.71. The van der Waals surface area contributed by atoms with Crippen LogP contribution in [0.25, 0.3) is 0 Å². The molecule has 0 unspecified atom stereocenters. The van der Waals surface area contributed by atoms with Crippen molar-refractivity contribution in [3.63, 3.8) is 0 Å². The molecular formula is C16H14FNO4. The normalized spacial score (nSPS) is 9.95. The molecule has 1 N–H and O–H groups in total. The van der Waals surface area contributed by atoms with Crippen LogP contribution in [0.3, 0.4) is 0 Å². The van der Waals surface area contributed by atoms with E-state index >= 15 is 0 Å². The summed E-state index contributed by atoms with van der Waals surface area (Å²) in [6.45, 7) is 0. The van der Waals surface area contributed by atoms with Crippen LogP contribution in [0, 0.1) is 5.82 Å². The summed E-state index contributed by atoms with van der Waals surface area (Å²) in [5.74, 6) is -1.35. The van der Waals surface area contributed by atoms with Crippen molar-refractivity contribution < 1.29 is 23.5 Å². The van der Waals surface area contributed by atoms with Gasteiger partial charge in [-0.1, -0.05) is 6.07 Å². The lowest BCUT2D eigenvalue weighted by Crippen LogP contribution is -2.14. The summed E-state index contributed by atoms with van der Waals surface area (Å²) in [6.07, 6.45) is 0. The summed E-state index contributed by atoms with van der Waals surface area (Å²) in [7, 11) is 2.66. The second-order valence-corrected chi connectivity index (χ2v) is 4.37. The first-order chi connectivity index (χ1) is 10.5. The number of anilines is 1. The number of hydrogen-bond donors (Lipinski definition) is 1. The maximum Gasteiger partial charge on any atom is 0.337 e. The van der Waals surface area contributed by atoms with Crippen molar-refractivity contribution in [3.8, 4) is 5.75 Å². The molecule has 1 amide bonds. The number of halogens is 1. The fourth-order valence-corrected chi connectivity index (χ4v) is 1.90. The summed E-state index contributed by atoms with van der Waals surface area (Å²) in [6, 6.07) is 9.89. The molecule has 5 nitrogen and oxygen atoms in total. The molecule has 0 bridgehead atoms. The number of hydrogen-bond acceptors (Lipinski definition) is 4. The van der Waals surface area contributed by atoms with Gasteiger partial charge in [-0.05, 0) is 36.4 Å². The molecule has 0 heterocycles. The molecule has 0 aromatic heterocycles. The number of nitrogens with one attached hydrogen (secondary N) is 1. The Morgan fingerprint density at radius 1 is 1.09 bits per heavy atom. The number of carbonyl (C=O) groups is 2. The molecule has 0 aliphatic carbocycles. The molecule has 0 atom stereocenters. The van der Waals surface area contributed by atoms with Crippen LogP contribution < -0.4 is 10.1 Å². The van der Waals surface area contributed by atoms with Crippen LogP contribution in [0.15, 0.2) is 42.5 Å². The minimum absolute atomic E-state index is 0.0611. The Morgan fingerprint density at radius 2 is 1.86 bits per heavy atom. The molecule has 2 aromatic carbocycles. The van der Waals surface area contributed by atoms with Crippen molar-refractivity contribution >= 4 is 17.6 Å². The highest BCUT2D eigenvalue weighted by Gasteiger charge is 2.14. The molecule has 6 heteroatoms. The first-order valence-electron chi connectivity index (χ1n) is 6.38. The Labute approximate surface area is 126 Å². The molecule has 0 spiro atoms. The van der Waals surface area contributed by atoms with Gasteiger partial charge in [0.1, 0.15) is 11.6 Å². The van der Waals surface area contributed by atoms with Gasteiger partial charge in [-0.15, -0.1) is 0 Å². The Bertz CT molecular complexity index is 715. The number of rotatable bonds is 4. The number of benzene rings is 2. The summed E-state index contributed by atoms with van der Waals surface area (Å²) >= 11 is 0. The van der Waals surface area contributed by atoms with Crippen LogP contribution in [0.4, 0.5) is 10.1 Å². The SMILES string of the molecule is COC(=O)c1cccc(NC(=O)c2cc(F)ccc2OC)c1. The fraction of sp³-hybridized carbons (Fsp3) is 0.125. The molecule has 2 rings (SSSR count). The van der Waals surface area contributed by atoms with Crippen LogP contribution in [-0.2, 0) is 4.74 Å². The predicted molar refractivity (Wildman–Crippen MR) is 78.7 cm³/mol. The third kappa shape index (κ3) is 3.41. The van der Waals surface area contributed by atoms with E-state index in [4.69, 9.17) is 4.74 Å². The third-order valence-electron chi connectivity index (χ3n) is 2.95. The smallest absolute Gasteiger partial charge is 0.337 e. The minimum atomic E-state index is -0.547. The van der Waals surface area contributed by atoms with Gasteiger partial charge in [-0.3, -0.25) is 4.79 Å². The molecule has 0 saturated carbocycles. The Morgan fingerprint density at radius 3 is 2.55 bits per heavy atom. The minimum Gasteiger partial charge on any atom is -0.496 e. The van der Waals surface area contributed by atoms with Crippen molar-refractivity contribution in [2.45, 2.75) is 0 Å². The van der Waals surface area contributed by atoms with Crippen LogP contribution >= 0.6 is 0 Å². The van der Waals surface area contributed by atoms with Gasteiger partial charge in [-0.2, -0.15) is 0 Å². The van der Waals surface area contributed by atoms with Crippen LogP contribution in [0.2, 0.25) is 0 Å². The molecule has 0 saturated heterocycles. The van der Waals surface area contributed by atoms with Crippen LogP contribution in [0.5, 0.6) is 5.75 Å². The lowest BCUT2D eigenvalue weighted by Gasteiger charge is -2.10. The van der Waals surface area contributed by atoms with E-state index in [2.05, 4.69) is 10.1 Å². The number of amides is 1.